The topological polar surface area (TPSA) is 170 Å². The predicted molar refractivity (Wildman–Crippen MR) is 175 cm³/mol. The van der Waals surface area contributed by atoms with Gasteiger partial charge in [0.25, 0.3) is 15.9 Å². The van der Waals surface area contributed by atoms with Crippen molar-refractivity contribution in [3.63, 3.8) is 0 Å². The van der Waals surface area contributed by atoms with Crippen LogP contribution in [-0.4, -0.2) is 86.6 Å². The third-order valence-corrected chi connectivity index (χ3v) is 9.86. The van der Waals surface area contributed by atoms with Crippen molar-refractivity contribution in [1.29, 1.82) is 0 Å². The fraction of sp³-hybridized carbons (Fsp3) is 0.250. The standard InChI is InChI=1S/C32H29ClF3N5O9S/c1-39(2)28(42)23(14-19-16-40(17-37-19)30(44)45)38-31(21-7-5-6-8-25(21)49-4)22-13-18(33)9-11-24(22)41(29(31)43)51(46,47)27-12-10-20(48-3)15-26(27)50-32(34,35)36/h5-13,15-17,23,38H,14H2,1-4H3,(H,44,45)/t23-,31?/m0/s1. The van der Waals surface area contributed by atoms with Gasteiger partial charge >= 0.3 is 12.5 Å². The minimum atomic E-state index is -5.34. The van der Waals surface area contributed by atoms with E-state index in [0.29, 0.717) is 10.4 Å². The first-order chi connectivity index (χ1) is 23.9. The van der Waals surface area contributed by atoms with Crippen molar-refractivity contribution in [3.05, 3.63) is 95.0 Å². The normalized spacial score (nSPS) is 16.4. The molecule has 2 heterocycles. The van der Waals surface area contributed by atoms with Gasteiger partial charge in [-0.15, -0.1) is 13.2 Å². The first-order valence-corrected chi connectivity index (χ1v) is 16.5. The van der Waals surface area contributed by atoms with E-state index in [0.717, 1.165) is 36.3 Å². The fourth-order valence-electron chi connectivity index (χ4n) is 5.72. The number of aromatic nitrogens is 2. The molecule has 3 aromatic carbocycles. The Balaban J connectivity index is 1.79. The summed E-state index contributed by atoms with van der Waals surface area (Å²) in [5, 5.41) is 12.5. The molecule has 0 bridgehead atoms. The van der Waals surface area contributed by atoms with Gasteiger partial charge in [-0.3, -0.25) is 14.9 Å². The molecule has 1 aliphatic heterocycles. The highest BCUT2D eigenvalue weighted by Crippen LogP contribution is 2.51. The summed E-state index contributed by atoms with van der Waals surface area (Å²) >= 11 is 6.44. The molecule has 2 amide bonds. The number of methoxy groups -OCH3 is 2. The van der Waals surface area contributed by atoms with Crippen LogP contribution in [-0.2, 0) is 31.6 Å². The molecule has 0 radical (unpaired) electrons. The van der Waals surface area contributed by atoms with Crippen LogP contribution < -0.4 is 23.8 Å². The van der Waals surface area contributed by atoms with Crippen LogP contribution in [0.1, 0.15) is 16.8 Å². The molecule has 0 fully saturated rings. The van der Waals surface area contributed by atoms with Crippen molar-refractivity contribution in [2.75, 3.05) is 32.6 Å². The number of hydrogen-bond donors (Lipinski definition) is 2. The Hall–Kier alpha value is -5.33. The van der Waals surface area contributed by atoms with E-state index in [2.05, 4.69) is 15.0 Å². The number of ether oxygens (including phenoxy) is 3. The van der Waals surface area contributed by atoms with E-state index >= 15 is 4.79 Å². The van der Waals surface area contributed by atoms with Gasteiger partial charge in [0.1, 0.15) is 22.7 Å². The molecule has 4 aromatic rings. The molecule has 19 heteroatoms. The maximum absolute atomic E-state index is 15.2. The van der Waals surface area contributed by atoms with Crippen molar-refractivity contribution in [1.82, 2.24) is 19.8 Å². The van der Waals surface area contributed by atoms with Crippen LogP contribution in [0.15, 0.2) is 78.1 Å². The van der Waals surface area contributed by atoms with E-state index < -0.39 is 56.5 Å². The Morgan fingerprint density at radius 2 is 1.75 bits per heavy atom. The number of alkyl halides is 3. The number of fused-ring (bicyclic) bond motifs is 1. The summed E-state index contributed by atoms with van der Waals surface area (Å²) in [4.78, 5) is 44.7. The molecule has 270 valence electrons. The van der Waals surface area contributed by atoms with E-state index in [1.54, 1.807) is 6.07 Å². The number of rotatable bonds is 11. The van der Waals surface area contributed by atoms with Crippen molar-refractivity contribution in [2.45, 2.75) is 29.3 Å². The molecule has 0 aliphatic carbocycles. The zero-order valence-corrected chi connectivity index (χ0v) is 28.7. The Kier molecular flexibility index (Phi) is 9.97. The largest absolute Gasteiger partial charge is 0.573 e. The summed E-state index contributed by atoms with van der Waals surface area (Å²) < 4.78 is 85.5. The number of carboxylic acid groups (broad SMARTS) is 1. The lowest BCUT2D eigenvalue weighted by atomic mass is 9.82. The van der Waals surface area contributed by atoms with Crippen molar-refractivity contribution < 1.29 is 55.3 Å². The molecule has 5 rings (SSSR count). The van der Waals surface area contributed by atoms with Crippen LogP contribution in [0.3, 0.4) is 0 Å². The first-order valence-electron chi connectivity index (χ1n) is 14.7. The zero-order valence-electron chi connectivity index (χ0n) is 27.1. The highest BCUT2D eigenvalue weighted by Gasteiger charge is 2.59. The van der Waals surface area contributed by atoms with Gasteiger partial charge < -0.3 is 24.2 Å². The number of halogens is 4. The Bertz CT molecular complexity index is 2130. The zero-order chi connectivity index (χ0) is 37.5. The lowest BCUT2D eigenvalue weighted by molar-refractivity contribution is -0.275. The molecule has 1 unspecified atom stereocenters. The average molecular weight is 752 g/mol. The van der Waals surface area contributed by atoms with Crippen LogP contribution in [0.25, 0.3) is 0 Å². The molecule has 51 heavy (non-hydrogen) atoms. The quantitative estimate of drug-likeness (QED) is 0.225. The number of amides is 2. The molecule has 1 aliphatic rings. The minimum Gasteiger partial charge on any atom is -0.497 e. The Labute approximate surface area is 293 Å². The number of nitrogens with one attached hydrogen (secondary N) is 1. The molecule has 0 saturated heterocycles. The number of benzene rings is 3. The van der Waals surface area contributed by atoms with Crippen LogP contribution in [0, 0.1) is 0 Å². The van der Waals surface area contributed by atoms with E-state index in [1.807, 2.05) is 0 Å². The number of carbonyl (C=O) groups excluding carboxylic acids is 2. The monoisotopic (exact) mass is 751 g/mol. The summed E-state index contributed by atoms with van der Waals surface area (Å²) in [5.74, 6) is -3.20. The minimum absolute atomic E-state index is 0.00725. The van der Waals surface area contributed by atoms with Gasteiger partial charge in [0.05, 0.1) is 31.6 Å². The molecule has 1 aromatic heterocycles. The highest BCUT2D eigenvalue weighted by atomic mass is 35.5. The summed E-state index contributed by atoms with van der Waals surface area (Å²) in [5.41, 5.74) is -2.64. The molecular formula is C32H29ClF3N5O9S. The maximum atomic E-state index is 15.2. The lowest BCUT2D eigenvalue weighted by Crippen LogP contribution is -2.59. The molecular weight excluding hydrogens is 723 g/mol. The van der Waals surface area contributed by atoms with Gasteiger partial charge in [-0.2, -0.15) is 0 Å². The Morgan fingerprint density at radius 3 is 2.35 bits per heavy atom. The SMILES string of the molecule is COc1ccc(S(=O)(=O)N2C(=O)C(N[C@@H](Cc3cn(C(=O)O)cn3)C(=O)N(C)C)(c3ccccc3OC)c3cc(Cl)ccc32)c(OC(F)(F)F)c1. The lowest BCUT2D eigenvalue weighted by Gasteiger charge is -2.35. The van der Waals surface area contributed by atoms with E-state index in [1.165, 1.54) is 62.5 Å². The van der Waals surface area contributed by atoms with Crippen molar-refractivity contribution >= 4 is 45.2 Å². The third-order valence-electron chi connectivity index (χ3n) is 7.89. The fourth-order valence-corrected chi connectivity index (χ4v) is 7.46. The smallest absolute Gasteiger partial charge is 0.497 e. The number of anilines is 1. The van der Waals surface area contributed by atoms with Crippen molar-refractivity contribution in [2.24, 2.45) is 0 Å². The second-order valence-electron chi connectivity index (χ2n) is 11.2. The van der Waals surface area contributed by atoms with Gasteiger partial charge in [-0.25, -0.2) is 27.1 Å². The maximum Gasteiger partial charge on any atom is 0.573 e. The van der Waals surface area contributed by atoms with Crippen molar-refractivity contribution in [3.8, 4) is 17.2 Å². The molecule has 0 saturated carbocycles. The number of carbonyl (C=O) groups is 3. The van der Waals surface area contributed by atoms with Crippen LogP contribution in [0.2, 0.25) is 5.02 Å². The van der Waals surface area contributed by atoms with Gasteiger partial charge in [-0.1, -0.05) is 29.8 Å². The summed E-state index contributed by atoms with van der Waals surface area (Å²) in [7, 11) is 0.00979. The number of imidazole rings is 1. The van der Waals surface area contributed by atoms with E-state index in [4.69, 9.17) is 21.1 Å². The number of nitrogens with zero attached hydrogens (tertiary/aromatic N) is 4. The van der Waals surface area contributed by atoms with Gasteiger partial charge in [0.2, 0.25) is 5.91 Å². The van der Waals surface area contributed by atoms with E-state index in [-0.39, 0.29) is 45.5 Å². The molecule has 14 nitrogen and oxygen atoms in total. The number of hydrogen-bond acceptors (Lipinski definition) is 10. The number of likely N-dealkylation sites (N-methyl/N-ethyl adjacent to an activating group) is 1. The van der Waals surface area contributed by atoms with Gasteiger partial charge in [0, 0.05) is 48.9 Å². The number of para-hydroxylation sites is 1. The predicted octanol–water partition coefficient (Wildman–Crippen LogP) is 4.25. The molecule has 2 atom stereocenters. The summed E-state index contributed by atoms with van der Waals surface area (Å²) in [6.07, 6.45) is -4.85. The second kappa shape index (κ2) is 13.8. The highest BCUT2D eigenvalue weighted by molar-refractivity contribution is 7.93. The third kappa shape index (κ3) is 6.89. The summed E-state index contributed by atoms with van der Waals surface area (Å²) in [6, 6.07) is 10.9. The number of sulfonamides is 1. The van der Waals surface area contributed by atoms with Crippen LogP contribution in [0.5, 0.6) is 17.2 Å². The molecule has 0 spiro atoms. The average Bonchev–Trinajstić information content (AvgIpc) is 3.64. The second-order valence-corrected chi connectivity index (χ2v) is 13.4. The van der Waals surface area contributed by atoms with Gasteiger partial charge in [-0.05, 0) is 36.4 Å². The van der Waals surface area contributed by atoms with Gasteiger partial charge in [0.15, 0.2) is 11.3 Å². The van der Waals surface area contributed by atoms with E-state index in [9.17, 15) is 36.3 Å². The molecule has 2 N–H and O–H groups in total. The Morgan fingerprint density at radius 1 is 1.04 bits per heavy atom. The van der Waals surface area contributed by atoms with Crippen LogP contribution in [0.4, 0.5) is 23.7 Å². The first kappa shape index (κ1) is 36.9. The summed E-state index contributed by atoms with van der Waals surface area (Å²) in [6.45, 7) is 0. The van der Waals surface area contributed by atoms with Crippen LogP contribution >= 0.6 is 11.6 Å².